The Labute approximate surface area is 224 Å². The number of carbonyl (C=O) groups excluding carboxylic acids is 1. The fraction of sp³-hybridized carbons (Fsp3) is 0.385. The van der Waals surface area contributed by atoms with Gasteiger partial charge in [0, 0.05) is 36.2 Å². The second-order valence-corrected chi connectivity index (χ2v) is 9.21. The molecule has 1 aromatic heterocycles. The molecule has 204 valence electrons. The molecule has 3 N–H and O–H groups in total. The fourth-order valence-corrected chi connectivity index (χ4v) is 4.87. The summed E-state index contributed by atoms with van der Waals surface area (Å²) in [5, 5.41) is 13.7. The molecule has 2 aliphatic rings. The highest BCUT2D eigenvalue weighted by Crippen LogP contribution is 2.45. The van der Waals surface area contributed by atoms with E-state index in [1.165, 1.54) is 14.2 Å². The van der Waals surface area contributed by atoms with Crippen molar-refractivity contribution in [1.29, 1.82) is 0 Å². The number of fused-ring (bicyclic) bond motifs is 1. The van der Waals surface area contributed by atoms with E-state index in [0.29, 0.717) is 40.4 Å². The Morgan fingerprint density at radius 1 is 1.11 bits per heavy atom. The molecule has 0 bridgehead atoms. The molecule has 3 heterocycles. The Balaban J connectivity index is 0.00000336. The number of benzene rings is 2. The van der Waals surface area contributed by atoms with E-state index in [-0.39, 0.29) is 36.6 Å². The number of rotatable bonds is 6. The van der Waals surface area contributed by atoms with Crippen LogP contribution in [-0.4, -0.2) is 55.2 Å². The van der Waals surface area contributed by atoms with Crippen molar-refractivity contribution < 1.29 is 27.4 Å². The minimum atomic E-state index is -4.51. The number of nitrogens with zero attached hydrogens (tertiary/aromatic N) is 2. The number of amides is 1. The van der Waals surface area contributed by atoms with E-state index in [9.17, 15) is 18.0 Å². The van der Waals surface area contributed by atoms with Gasteiger partial charge < -0.3 is 25.4 Å². The average molecular weight is 552 g/mol. The summed E-state index contributed by atoms with van der Waals surface area (Å²) in [6, 6.07) is 11.0. The summed E-state index contributed by atoms with van der Waals surface area (Å²) in [6.45, 7) is 1.56. The number of aromatic nitrogens is 2. The highest BCUT2D eigenvalue weighted by atomic mass is 35.5. The molecule has 0 aliphatic carbocycles. The van der Waals surface area contributed by atoms with Crippen LogP contribution in [0, 0.1) is 0 Å². The van der Waals surface area contributed by atoms with Gasteiger partial charge in [-0.15, -0.1) is 12.4 Å². The van der Waals surface area contributed by atoms with Crippen molar-refractivity contribution in [2.24, 2.45) is 0 Å². The van der Waals surface area contributed by atoms with Gasteiger partial charge in [-0.2, -0.15) is 18.3 Å². The molecule has 1 amide bonds. The van der Waals surface area contributed by atoms with E-state index >= 15 is 0 Å². The van der Waals surface area contributed by atoms with Crippen LogP contribution in [-0.2, 0) is 0 Å². The molecule has 5 rings (SSSR count). The predicted molar refractivity (Wildman–Crippen MR) is 139 cm³/mol. The summed E-state index contributed by atoms with van der Waals surface area (Å²) in [7, 11) is 2.98. The molecule has 2 unspecified atom stereocenters. The summed E-state index contributed by atoms with van der Waals surface area (Å²) >= 11 is 0. The number of nitrogens with one attached hydrogen (secondary N) is 3. The first-order valence-corrected chi connectivity index (χ1v) is 12.0. The average Bonchev–Trinajstić information content (AvgIpc) is 3.57. The summed E-state index contributed by atoms with van der Waals surface area (Å²) in [5.74, 6) is 0.957. The first-order valence-electron chi connectivity index (χ1n) is 12.0. The summed E-state index contributed by atoms with van der Waals surface area (Å²) in [5.41, 5.74) is 1.98. The second kappa shape index (κ2) is 11.1. The van der Waals surface area contributed by atoms with Crippen molar-refractivity contribution in [1.82, 2.24) is 20.4 Å². The topological polar surface area (TPSA) is 89.4 Å². The number of ether oxygens (including phenoxy) is 2. The first-order chi connectivity index (χ1) is 17.8. The zero-order chi connectivity index (χ0) is 26.2. The largest absolute Gasteiger partial charge is 0.493 e. The van der Waals surface area contributed by atoms with Crippen LogP contribution in [0.25, 0.3) is 11.3 Å². The molecule has 12 heteroatoms. The summed E-state index contributed by atoms with van der Waals surface area (Å²) < 4.78 is 54.1. The number of methoxy groups -OCH3 is 2. The van der Waals surface area contributed by atoms with Crippen molar-refractivity contribution in [3.63, 3.8) is 0 Å². The normalized spacial score (nSPS) is 20.6. The molecule has 0 spiro atoms. The first kappa shape index (κ1) is 27.6. The van der Waals surface area contributed by atoms with Crippen LogP contribution in [0.3, 0.4) is 0 Å². The van der Waals surface area contributed by atoms with Gasteiger partial charge in [0.25, 0.3) is 5.91 Å². The Morgan fingerprint density at radius 2 is 1.89 bits per heavy atom. The van der Waals surface area contributed by atoms with E-state index in [0.717, 1.165) is 17.6 Å². The molecule has 0 saturated carbocycles. The lowest BCUT2D eigenvalue weighted by molar-refractivity contribution is -0.173. The van der Waals surface area contributed by atoms with Crippen molar-refractivity contribution in [2.75, 3.05) is 32.6 Å². The van der Waals surface area contributed by atoms with Crippen molar-refractivity contribution >= 4 is 24.1 Å². The fourth-order valence-electron chi connectivity index (χ4n) is 4.87. The third-order valence-electron chi connectivity index (χ3n) is 6.82. The lowest BCUT2D eigenvalue weighted by Crippen LogP contribution is -2.36. The van der Waals surface area contributed by atoms with Gasteiger partial charge in [0.15, 0.2) is 17.5 Å². The van der Waals surface area contributed by atoms with E-state index in [1.807, 2.05) is 0 Å². The Hall–Kier alpha value is -3.44. The second-order valence-electron chi connectivity index (χ2n) is 9.21. The SMILES string of the molecule is COc1ccc(C2CC(C(F)(F)F)n3nc(-c4cccc(C(=O)N[C@H]5CCNC5)c4)cc3N2)cc1OC.Cl. The molecule has 2 aliphatic heterocycles. The van der Waals surface area contributed by atoms with Crippen molar-refractivity contribution in [3.8, 4) is 22.8 Å². The van der Waals surface area contributed by atoms with Gasteiger partial charge in [0.2, 0.25) is 0 Å². The van der Waals surface area contributed by atoms with Crippen LogP contribution in [0.15, 0.2) is 48.5 Å². The minimum absolute atomic E-state index is 0. The van der Waals surface area contributed by atoms with Gasteiger partial charge in [-0.1, -0.05) is 18.2 Å². The van der Waals surface area contributed by atoms with Crippen molar-refractivity contribution in [3.05, 3.63) is 59.7 Å². The van der Waals surface area contributed by atoms with E-state index in [2.05, 4.69) is 21.0 Å². The molecule has 1 saturated heterocycles. The number of hydrogen-bond acceptors (Lipinski definition) is 6. The summed E-state index contributed by atoms with van der Waals surface area (Å²) in [6.07, 6.45) is -3.90. The third-order valence-corrected chi connectivity index (χ3v) is 6.82. The van der Waals surface area contributed by atoms with E-state index in [4.69, 9.17) is 9.47 Å². The van der Waals surface area contributed by atoms with Gasteiger partial charge in [-0.05, 0) is 42.8 Å². The highest BCUT2D eigenvalue weighted by Gasteiger charge is 2.46. The maximum absolute atomic E-state index is 14.2. The molecule has 0 radical (unpaired) electrons. The smallest absolute Gasteiger partial charge is 0.410 e. The van der Waals surface area contributed by atoms with Crippen LogP contribution in [0.4, 0.5) is 19.0 Å². The van der Waals surface area contributed by atoms with Crippen LogP contribution < -0.4 is 25.4 Å². The summed E-state index contributed by atoms with van der Waals surface area (Å²) in [4.78, 5) is 12.7. The molecule has 3 aromatic rings. The lowest BCUT2D eigenvalue weighted by Gasteiger charge is -2.33. The molecule has 8 nitrogen and oxygen atoms in total. The minimum Gasteiger partial charge on any atom is -0.493 e. The monoisotopic (exact) mass is 551 g/mol. The maximum atomic E-state index is 14.2. The molecule has 3 atom stereocenters. The lowest BCUT2D eigenvalue weighted by atomic mass is 9.96. The molecule has 1 fully saturated rings. The molecular weight excluding hydrogens is 523 g/mol. The maximum Gasteiger partial charge on any atom is 0.410 e. The number of halogens is 4. The van der Waals surface area contributed by atoms with Gasteiger partial charge in [0.05, 0.1) is 26.0 Å². The Kier molecular flexibility index (Phi) is 8.08. The zero-order valence-corrected chi connectivity index (χ0v) is 21.7. The predicted octanol–water partition coefficient (Wildman–Crippen LogP) is 4.74. The van der Waals surface area contributed by atoms with Crippen LogP contribution in [0.1, 0.15) is 40.8 Å². The van der Waals surface area contributed by atoms with Crippen LogP contribution >= 0.6 is 12.4 Å². The van der Waals surface area contributed by atoms with Crippen LogP contribution in [0.5, 0.6) is 11.5 Å². The van der Waals surface area contributed by atoms with Gasteiger partial charge in [-0.3, -0.25) is 4.79 Å². The Bertz CT molecular complexity index is 1290. The Morgan fingerprint density at radius 3 is 2.58 bits per heavy atom. The molecular formula is C26H29ClF3N5O3. The number of carbonyl (C=O) groups is 1. The van der Waals surface area contributed by atoms with E-state index < -0.39 is 18.3 Å². The van der Waals surface area contributed by atoms with E-state index in [1.54, 1.807) is 48.5 Å². The third kappa shape index (κ3) is 5.53. The van der Waals surface area contributed by atoms with Gasteiger partial charge >= 0.3 is 6.18 Å². The van der Waals surface area contributed by atoms with Gasteiger partial charge in [-0.25, -0.2) is 4.68 Å². The van der Waals surface area contributed by atoms with Crippen LogP contribution in [0.2, 0.25) is 0 Å². The van der Waals surface area contributed by atoms with Crippen molar-refractivity contribution in [2.45, 2.75) is 37.1 Å². The highest BCUT2D eigenvalue weighted by molar-refractivity contribution is 5.95. The number of anilines is 1. The zero-order valence-electron chi connectivity index (χ0n) is 20.8. The van der Waals surface area contributed by atoms with Gasteiger partial charge in [0.1, 0.15) is 5.82 Å². The number of alkyl halides is 3. The molecule has 2 aromatic carbocycles. The molecule has 38 heavy (non-hydrogen) atoms. The number of hydrogen-bond donors (Lipinski definition) is 3. The quantitative estimate of drug-likeness (QED) is 0.410. The standard InChI is InChI=1S/C26H28F3N5O3.ClH/c1-36-21-7-6-16(11-22(21)37-2)19-12-23(26(27,28)29)34-24(32-19)13-20(33-34)15-4-3-5-17(10-15)25(35)31-18-8-9-30-14-18;/h3-7,10-11,13,18-19,23,30,32H,8-9,12,14H2,1-2H3,(H,31,35);1H/t18-,19?,23?;/m0./s1.